The zero-order valence-corrected chi connectivity index (χ0v) is 9.12. The van der Waals surface area contributed by atoms with Gasteiger partial charge in [0.15, 0.2) is 0 Å². The molecule has 0 saturated heterocycles. The van der Waals surface area contributed by atoms with E-state index < -0.39 is 18.7 Å². The van der Waals surface area contributed by atoms with Crippen LogP contribution in [0.1, 0.15) is 27.2 Å². The minimum absolute atomic E-state index is 0.192. The monoisotopic (exact) mass is 204 g/mol. The highest BCUT2D eigenvalue weighted by Gasteiger charge is 2.07. The minimum Gasteiger partial charge on any atom is -0.460 e. The smallest absolute Gasteiger partial charge is 0.333 e. The fourth-order valence-electron chi connectivity index (χ4n) is 0.348. The summed E-state index contributed by atoms with van der Waals surface area (Å²) in [6.07, 6.45) is 0.248. The normalized spacial score (nSPS) is 10.9. The molecule has 4 heteroatoms. The molecule has 2 N–H and O–H groups in total. The van der Waals surface area contributed by atoms with Gasteiger partial charge in [0.05, 0.1) is 6.61 Å². The Morgan fingerprint density at radius 1 is 1.50 bits per heavy atom. The largest absolute Gasteiger partial charge is 0.460 e. The second-order valence-electron chi connectivity index (χ2n) is 2.92. The van der Waals surface area contributed by atoms with Gasteiger partial charge in [-0.25, -0.2) is 4.79 Å². The van der Waals surface area contributed by atoms with Gasteiger partial charge in [0, 0.05) is 5.57 Å². The second kappa shape index (κ2) is 10.2. The first kappa shape index (κ1) is 15.6. The van der Waals surface area contributed by atoms with Gasteiger partial charge in [-0.3, -0.25) is 0 Å². The number of aliphatic hydroxyl groups excluding tert-OH is 2. The summed E-state index contributed by atoms with van der Waals surface area (Å²) in [6.45, 7) is 8.49. The molecular formula is C10H20O4. The average Bonchev–Trinajstić information content (AvgIpc) is 2.14. The molecule has 0 saturated carbocycles. The van der Waals surface area contributed by atoms with Gasteiger partial charge in [0.25, 0.3) is 0 Å². The van der Waals surface area contributed by atoms with E-state index in [-0.39, 0.29) is 12.2 Å². The van der Waals surface area contributed by atoms with Crippen molar-refractivity contribution in [3.8, 4) is 0 Å². The summed E-state index contributed by atoms with van der Waals surface area (Å²) in [4.78, 5) is 10.6. The van der Waals surface area contributed by atoms with E-state index in [0.717, 1.165) is 0 Å². The average molecular weight is 204 g/mol. The molecule has 4 nitrogen and oxygen atoms in total. The van der Waals surface area contributed by atoms with Crippen molar-refractivity contribution >= 4 is 5.97 Å². The number of carbonyl (C=O) groups is 1. The predicted octanol–water partition coefficient (Wildman–Crippen LogP) is 0.875. The summed E-state index contributed by atoms with van der Waals surface area (Å²) in [5.74, 6) is -0.558. The van der Waals surface area contributed by atoms with E-state index in [2.05, 4.69) is 25.2 Å². The molecule has 84 valence electrons. The maximum Gasteiger partial charge on any atom is 0.333 e. The molecule has 0 aliphatic heterocycles. The number of ether oxygens (including phenoxy) is 1. The maximum atomic E-state index is 10.6. The fraction of sp³-hybridized carbons (Fsp3) is 0.700. The molecule has 0 radical (unpaired) electrons. The van der Waals surface area contributed by atoms with Crippen LogP contribution in [0.15, 0.2) is 12.2 Å². The summed E-state index contributed by atoms with van der Waals surface area (Å²) < 4.78 is 4.51. The molecule has 0 bridgehead atoms. The second-order valence-corrected chi connectivity index (χ2v) is 2.92. The van der Waals surface area contributed by atoms with Gasteiger partial charge in [-0.1, -0.05) is 26.8 Å². The minimum atomic E-state index is -1.00. The summed E-state index contributed by atoms with van der Waals surface area (Å²) >= 11 is 0. The van der Waals surface area contributed by atoms with Gasteiger partial charge in [-0.05, 0) is 6.92 Å². The van der Waals surface area contributed by atoms with Gasteiger partial charge in [-0.15, -0.1) is 0 Å². The highest BCUT2D eigenvalue weighted by Crippen LogP contribution is 1.93. The Balaban J connectivity index is 0. The van der Waals surface area contributed by atoms with Crippen molar-refractivity contribution in [3.63, 3.8) is 0 Å². The summed E-state index contributed by atoms with van der Waals surface area (Å²) in [5, 5.41) is 17.1. The molecule has 0 fully saturated rings. The van der Waals surface area contributed by atoms with Crippen molar-refractivity contribution in [1.82, 2.24) is 0 Å². The van der Waals surface area contributed by atoms with Crippen LogP contribution in [0.3, 0.4) is 0 Å². The number of hydrogen-bond donors (Lipinski definition) is 2. The molecule has 1 atom stereocenters. The molecule has 0 amide bonds. The molecule has 0 aromatic carbocycles. The van der Waals surface area contributed by atoms with Gasteiger partial charge in [0.1, 0.15) is 12.7 Å². The lowest BCUT2D eigenvalue weighted by Gasteiger charge is -2.07. The van der Waals surface area contributed by atoms with E-state index in [1.54, 1.807) is 0 Å². The lowest BCUT2D eigenvalue weighted by Crippen LogP contribution is -2.22. The fourth-order valence-corrected chi connectivity index (χ4v) is 0.348. The molecular weight excluding hydrogens is 184 g/mol. The Morgan fingerprint density at radius 3 is 2.21 bits per heavy atom. The van der Waals surface area contributed by atoms with Crippen LogP contribution in [0.25, 0.3) is 0 Å². The van der Waals surface area contributed by atoms with Crippen molar-refractivity contribution in [2.24, 2.45) is 0 Å². The predicted molar refractivity (Wildman–Crippen MR) is 54.8 cm³/mol. The van der Waals surface area contributed by atoms with Crippen LogP contribution in [0.4, 0.5) is 0 Å². The Hall–Kier alpha value is -0.870. The first-order chi connectivity index (χ1) is 6.49. The molecule has 0 rings (SSSR count). The van der Waals surface area contributed by atoms with Crippen molar-refractivity contribution in [1.29, 1.82) is 0 Å². The summed E-state index contributed by atoms with van der Waals surface area (Å²) in [6, 6.07) is 0. The molecule has 0 heterocycles. The van der Waals surface area contributed by atoms with E-state index in [4.69, 9.17) is 10.2 Å². The maximum absolute atomic E-state index is 10.6. The van der Waals surface area contributed by atoms with Crippen LogP contribution in [0.2, 0.25) is 0 Å². The molecule has 0 spiro atoms. The van der Waals surface area contributed by atoms with Gasteiger partial charge >= 0.3 is 5.97 Å². The van der Waals surface area contributed by atoms with Crippen molar-refractivity contribution in [2.75, 3.05) is 13.2 Å². The third-order valence-electron chi connectivity index (χ3n) is 0.966. The van der Waals surface area contributed by atoms with Crippen LogP contribution in [0.5, 0.6) is 0 Å². The number of hydrogen-bond acceptors (Lipinski definition) is 4. The van der Waals surface area contributed by atoms with Crippen LogP contribution < -0.4 is 0 Å². The number of carbonyl (C=O) groups excluding carboxylic acids is 1. The number of aliphatic hydroxyl groups is 2. The lowest BCUT2D eigenvalue weighted by molar-refractivity contribution is -0.142. The van der Waals surface area contributed by atoms with Crippen LogP contribution >= 0.6 is 0 Å². The molecule has 14 heavy (non-hydrogen) atoms. The summed E-state index contributed by atoms with van der Waals surface area (Å²) in [5.41, 5.74) is 0.273. The quantitative estimate of drug-likeness (QED) is 0.527. The molecule has 0 aromatic rings. The number of esters is 1. The lowest BCUT2D eigenvalue weighted by atomic mass is 10.3. The Kier molecular flexibility index (Phi) is 11.4. The third kappa shape index (κ3) is 11.1. The van der Waals surface area contributed by atoms with E-state index in [9.17, 15) is 4.79 Å². The molecule has 0 aliphatic carbocycles. The molecule has 0 aromatic heterocycles. The molecule has 1 unspecified atom stereocenters. The van der Waals surface area contributed by atoms with E-state index in [0.29, 0.717) is 0 Å². The van der Waals surface area contributed by atoms with Gasteiger partial charge in [-0.2, -0.15) is 0 Å². The van der Waals surface area contributed by atoms with Crippen LogP contribution in [-0.4, -0.2) is 35.5 Å². The van der Waals surface area contributed by atoms with Crippen molar-refractivity contribution in [2.45, 2.75) is 33.3 Å². The van der Waals surface area contributed by atoms with E-state index in [1.165, 1.54) is 13.3 Å². The van der Waals surface area contributed by atoms with Gasteiger partial charge < -0.3 is 14.9 Å². The van der Waals surface area contributed by atoms with Crippen molar-refractivity contribution in [3.05, 3.63) is 12.2 Å². The van der Waals surface area contributed by atoms with Gasteiger partial charge in [0.2, 0.25) is 0 Å². The topological polar surface area (TPSA) is 66.8 Å². The Labute approximate surface area is 85.2 Å². The highest BCUT2D eigenvalue weighted by atomic mass is 16.5. The third-order valence-corrected chi connectivity index (χ3v) is 0.966. The number of rotatable bonds is 4. The van der Waals surface area contributed by atoms with Crippen molar-refractivity contribution < 1.29 is 19.7 Å². The molecule has 0 aliphatic rings. The Bertz CT molecular complexity index is 166. The first-order valence-electron chi connectivity index (χ1n) is 4.61. The Morgan fingerprint density at radius 2 is 1.93 bits per heavy atom. The van der Waals surface area contributed by atoms with E-state index >= 15 is 0 Å². The first-order valence-corrected chi connectivity index (χ1v) is 4.61. The van der Waals surface area contributed by atoms with Crippen LogP contribution in [0, 0.1) is 0 Å². The summed E-state index contributed by atoms with van der Waals surface area (Å²) in [7, 11) is 0. The SMILES string of the molecule is C=C(C)C(=O)OCC(O)CO.CCC. The van der Waals surface area contributed by atoms with E-state index in [1.807, 2.05) is 0 Å². The zero-order chi connectivity index (χ0) is 11.6. The standard InChI is InChI=1S/C7H12O4.C3H8/c1-5(2)7(10)11-4-6(9)3-8;1-3-2/h6,8-9H,1,3-4H2,2H3;3H2,1-2H3. The highest BCUT2D eigenvalue weighted by molar-refractivity contribution is 5.86. The zero-order valence-electron chi connectivity index (χ0n) is 9.12. The van der Waals surface area contributed by atoms with Crippen LogP contribution in [-0.2, 0) is 9.53 Å².